The highest BCUT2D eigenvalue weighted by atomic mass is 32.2. The second-order valence-electron chi connectivity index (χ2n) is 3.81. The number of aliphatic hydroxyl groups excluding tert-OH is 1. The molecule has 98 valence electrons. The lowest BCUT2D eigenvalue weighted by molar-refractivity contribution is 0.250. The Morgan fingerprint density at radius 2 is 1.69 bits per heavy atom. The summed E-state index contributed by atoms with van der Waals surface area (Å²) in [5, 5.41) is 8.99. The summed E-state index contributed by atoms with van der Waals surface area (Å²) in [6.45, 7) is 6.61. The highest BCUT2D eigenvalue weighted by Crippen LogP contribution is 2.03. The molecule has 16 heavy (non-hydrogen) atoms. The maximum absolute atomic E-state index is 11.9. The van der Waals surface area contributed by atoms with Crippen molar-refractivity contribution in [2.45, 2.75) is 46.1 Å². The fraction of sp³-hybridized carbons (Fsp3) is 1.00. The van der Waals surface area contributed by atoms with E-state index in [1.165, 1.54) is 4.31 Å². The van der Waals surface area contributed by atoms with Crippen molar-refractivity contribution in [1.82, 2.24) is 9.03 Å². The monoisotopic (exact) mass is 252 g/mol. The first kappa shape index (κ1) is 15.8. The van der Waals surface area contributed by atoms with Crippen molar-refractivity contribution in [2.75, 3.05) is 19.7 Å². The minimum atomic E-state index is -3.45. The molecule has 0 aliphatic rings. The average molecular weight is 252 g/mol. The summed E-state index contributed by atoms with van der Waals surface area (Å²) < 4.78 is 27.8. The van der Waals surface area contributed by atoms with Gasteiger partial charge >= 0.3 is 0 Å². The van der Waals surface area contributed by atoms with Crippen LogP contribution in [0.3, 0.4) is 0 Å². The topological polar surface area (TPSA) is 69.6 Å². The van der Waals surface area contributed by atoms with Gasteiger partial charge in [-0.25, -0.2) is 0 Å². The molecule has 0 aliphatic carbocycles. The number of hydrogen-bond acceptors (Lipinski definition) is 3. The molecule has 0 fully saturated rings. The number of aliphatic hydroxyl groups is 1. The van der Waals surface area contributed by atoms with Gasteiger partial charge in [0.1, 0.15) is 0 Å². The van der Waals surface area contributed by atoms with Crippen LogP contribution in [-0.4, -0.2) is 43.6 Å². The quantitative estimate of drug-likeness (QED) is 0.635. The van der Waals surface area contributed by atoms with Gasteiger partial charge in [0.25, 0.3) is 10.2 Å². The van der Waals surface area contributed by atoms with E-state index in [1.54, 1.807) is 0 Å². The van der Waals surface area contributed by atoms with E-state index in [9.17, 15) is 8.42 Å². The van der Waals surface area contributed by atoms with Crippen LogP contribution >= 0.6 is 0 Å². The molecule has 0 rings (SSSR count). The highest BCUT2D eigenvalue weighted by molar-refractivity contribution is 7.87. The van der Waals surface area contributed by atoms with Crippen LogP contribution in [0.4, 0.5) is 0 Å². The third kappa shape index (κ3) is 5.25. The van der Waals surface area contributed by atoms with Crippen LogP contribution in [0.2, 0.25) is 0 Å². The summed E-state index contributed by atoms with van der Waals surface area (Å²) in [6, 6.07) is -0.388. The fourth-order valence-corrected chi connectivity index (χ4v) is 3.04. The maximum atomic E-state index is 11.9. The second kappa shape index (κ2) is 8.00. The number of nitrogens with zero attached hydrogens (tertiary/aromatic N) is 1. The lowest BCUT2D eigenvalue weighted by atomic mass is 10.3. The van der Waals surface area contributed by atoms with E-state index >= 15 is 0 Å². The van der Waals surface area contributed by atoms with E-state index in [1.807, 2.05) is 20.8 Å². The van der Waals surface area contributed by atoms with E-state index in [2.05, 4.69) is 4.72 Å². The summed E-state index contributed by atoms with van der Waals surface area (Å²) in [4.78, 5) is 0. The molecule has 0 saturated heterocycles. The molecular weight excluding hydrogens is 228 g/mol. The highest BCUT2D eigenvalue weighted by Gasteiger charge is 2.22. The smallest absolute Gasteiger partial charge is 0.279 e. The number of hydrogen-bond donors (Lipinski definition) is 2. The Morgan fingerprint density at radius 3 is 2.00 bits per heavy atom. The van der Waals surface area contributed by atoms with E-state index in [0.29, 0.717) is 19.5 Å². The van der Waals surface area contributed by atoms with Crippen molar-refractivity contribution in [3.05, 3.63) is 0 Å². The lowest BCUT2D eigenvalue weighted by Gasteiger charge is -2.24. The summed E-state index contributed by atoms with van der Waals surface area (Å²) >= 11 is 0. The van der Waals surface area contributed by atoms with Crippen LogP contribution in [0.1, 0.15) is 40.0 Å². The molecule has 0 aliphatic heterocycles. The average Bonchev–Trinajstić information content (AvgIpc) is 2.25. The van der Waals surface area contributed by atoms with Crippen LogP contribution in [-0.2, 0) is 10.2 Å². The van der Waals surface area contributed by atoms with Gasteiger partial charge in [-0.2, -0.15) is 17.4 Å². The van der Waals surface area contributed by atoms with Crippen molar-refractivity contribution in [3.63, 3.8) is 0 Å². The molecule has 0 heterocycles. The molecule has 0 unspecified atom stereocenters. The van der Waals surface area contributed by atoms with Gasteiger partial charge in [0.05, 0.1) is 6.61 Å². The van der Waals surface area contributed by atoms with Gasteiger partial charge < -0.3 is 5.11 Å². The number of rotatable bonds is 9. The Labute approximate surface area is 99.0 Å². The minimum absolute atomic E-state index is 0.165. The zero-order chi connectivity index (χ0) is 12.6. The van der Waals surface area contributed by atoms with E-state index in [4.69, 9.17) is 5.11 Å². The zero-order valence-electron chi connectivity index (χ0n) is 10.4. The van der Waals surface area contributed by atoms with Crippen molar-refractivity contribution in [2.24, 2.45) is 0 Å². The predicted molar refractivity (Wildman–Crippen MR) is 65.4 cm³/mol. The summed E-state index contributed by atoms with van der Waals surface area (Å²) in [5.41, 5.74) is 0. The van der Waals surface area contributed by atoms with Gasteiger partial charge in [-0.15, -0.1) is 0 Å². The second-order valence-corrected chi connectivity index (χ2v) is 5.51. The van der Waals surface area contributed by atoms with Crippen LogP contribution in [0.5, 0.6) is 0 Å². The summed E-state index contributed by atoms with van der Waals surface area (Å²) in [7, 11) is -3.45. The first-order chi connectivity index (χ1) is 7.51. The number of nitrogens with one attached hydrogen (secondary N) is 1. The lowest BCUT2D eigenvalue weighted by Crippen LogP contribution is -2.47. The van der Waals surface area contributed by atoms with Crippen LogP contribution in [0, 0.1) is 0 Å². The molecule has 0 aromatic rings. The predicted octanol–water partition coefficient (Wildman–Crippen LogP) is 0.714. The molecule has 0 spiro atoms. The Bertz CT molecular complexity index is 257. The molecule has 0 radical (unpaired) electrons. The Balaban J connectivity index is 4.57. The van der Waals surface area contributed by atoms with Gasteiger partial charge in [-0.3, -0.25) is 0 Å². The molecule has 0 bridgehead atoms. The molecule has 0 aromatic heterocycles. The van der Waals surface area contributed by atoms with Gasteiger partial charge in [-0.1, -0.05) is 20.8 Å². The molecule has 2 N–H and O–H groups in total. The van der Waals surface area contributed by atoms with Crippen LogP contribution < -0.4 is 4.72 Å². The third-order valence-electron chi connectivity index (χ3n) is 2.31. The third-order valence-corrected chi connectivity index (χ3v) is 3.99. The summed E-state index contributed by atoms with van der Waals surface area (Å²) in [6.07, 6.45) is 2.16. The van der Waals surface area contributed by atoms with E-state index in [-0.39, 0.29) is 12.6 Å². The molecule has 1 atom stereocenters. The fourth-order valence-electron chi connectivity index (χ4n) is 1.39. The molecule has 0 aromatic carbocycles. The van der Waals surface area contributed by atoms with Gasteiger partial charge in [-0.05, 0) is 19.3 Å². The van der Waals surface area contributed by atoms with Crippen molar-refractivity contribution in [1.29, 1.82) is 0 Å². The van der Waals surface area contributed by atoms with Crippen molar-refractivity contribution < 1.29 is 13.5 Å². The standard InChI is InChI=1S/C10H24N2O3S/c1-4-7-12(8-5-2)16(14,15)11-10(6-3)9-13/h10-11,13H,4-9H2,1-3H3/t10-/m1/s1. The molecule has 6 heteroatoms. The van der Waals surface area contributed by atoms with Crippen LogP contribution in [0.25, 0.3) is 0 Å². The van der Waals surface area contributed by atoms with Gasteiger partial charge in [0.15, 0.2) is 0 Å². The molecule has 0 saturated carbocycles. The molecule has 0 amide bonds. The van der Waals surface area contributed by atoms with E-state index in [0.717, 1.165) is 12.8 Å². The zero-order valence-corrected chi connectivity index (χ0v) is 11.3. The van der Waals surface area contributed by atoms with Crippen molar-refractivity contribution in [3.8, 4) is 0 Å². The Kier molecular flexibility index (Phi) is 7.91. The SMILES string of the molecule is CCCN(CCC)S(=O)(=O)N[C@H](CC)CO. The molecular formula is C10H24N2O3S. The van der Waals surface area contributed by atoms with Crippen molar-refractivity contribution >= 4 is 10.2 Å². The first-order valence-corrected chi connectivity index (χ1v) is 7.34. The minimum Gasteiger partial charge on any atom is -0.395 e. The maximum Gasteiger partial charge on any atom is 0.279 e. The largest absolute Gasteiger partial charge is 0.395 e. The summed E-state index contributed by atoms with van der Waals surface area (Å²) in [5.74, 6) is 0. The van der Waals surface area contributed by atoms with E-state index < -0.39 is 10.2 Å². The normalized spacial score (nSPS) is 14.3. The van der Waals surface area contributed by atoms with Gasteiger partial charge in [0, 0.05) is 19.1 Å². The Hall–Kier alpha value is -0.170. The molecule has 5 nitrogen and oxygen atoms in total. The van der Waals surface area contributed by atoms with Crippen LogP contribution in [0.15, 0.2) is 0 Å². The first-order valence-electron chi connectivity index (χ1n) is 5.90. The Morgan fingerprint density at radius 1 is 1.19 bits per heavy atom. The van der Waals surface area contributed by atoms with Gasteiger partial charge in [0.2, 0.25) is 0 Å².